The molecule has 2 nitrogen and oxygen atoms in total. The SMILES string of the molecule is NCCC#Cc1cc(F)ccc1CO. The van der Waals surface area contributed by atoms with E-state index < -0.39 is 0 Å². The molecule has 0 radical (unpaired) electrons. The minimum atomic E-state index is -0.348. The topological polar surface area (TPSA) is 46.2 Å². The van der Waals surface area contributed by atoms with Gasteiger partial charge in [0, 0.05) is 18.5 Å². The van der Waals surface area contributed by atoms with Crippen LogP contribution in [0.4, 0.5) is 4.39 Å². The minimum Gasteiger partial charge on any atom is -0.392 e. The van der Waals surface area contributed by atoms with Gasteiger partial charge in [0.25, 0.3) is 0 Å². The van der Waals surface area contributed by atoms with Gasteiger partial charge in [-0.1, -0.05) is 17.9 Å². The molecule has 1 rings (SSSR count). The Kier molecular flexibility index (Phi) is 4.11. The van der Waals surface area contributed by atoms with Crippen molar-refractivity contribution < 1.29 is 9.50 Å². The summed E-state index contributed by atoms with van der Waals surface area (Å²) in [6, 6.07) is 4.15. The Morgan fingerprint density at radius 3 is 2.86 bits per heavy atom. The summed E-state index contributed by atoms with van der Waals surface area (Å²) in [6.07, 6.45) is 0.571. The van der Waals surface area contributed by atoms with Gasteiger partial charge in [-0.15, -0.1) is 0 Å². The first-order chi connectivity index (χ1) is 6.77. The molecule has 0 unspecified atom stereocenters. The Hall–Kier alpha value is -1.37. The first-order valence-corrected chi connectivity index (χ1v) is 4.36. The van der Waals surface area contributed by atoms with E-state index in [-0.39, 0.29) is 12.4 Å². The van der Waals surface area contributed by atoms with E-state index in [2.05, 4.69) is 11.8 Å². The molecular formula is C11H12FNO. The zero-order valence-electron chi connectivity index (χ0n) is 7.76. The van der Waals surface area contributed by atoms with Crippen molar-refractivity contribution in [3.05, 3.63) is 35.1 Å². The molecule has 0 aliphatic heterocycles. The van der Waals surface area contributed by atoms with Crippen LogP contribution in [-0.4, -0.2) is 11.7 Å². The fraction of sp³-hybridized carbons (Fsp3) is 0.273. The van der Waals surface area contributed by atoms with Crippen LogP contribution >= 0.6 is 0 Å². The maximum Gasteiger partial charge on any atom is 0.124 e. The minimum absolute atomic E-state index is 0.132. The average Bonchev–Trinajstić information content (AvgIpc) is 2.19. The molecule has 0 amide bonds. The second-order valence-corrected chi connectivity index (χ2v) is 2.80. The number of nitrogens with two attached hydrogens (primary N) is 1. The molecule has 0 aliphatic rings. The lowest BCUT2D eigenvalue weighted by atomic mass is 10.1. The fourth-order valence-electron chi connectivity index (χ4n) is 1.03. The number of halogens is 1. The smallest absolute Gasteiger partial charge is 0.124 e. The molecule has 14 heavy (non-hydrogen) atoms. The Morgan fingerprint density at radius 1 is 1.43 bits per heavy atom. The Morgan fingerprint density at radius 2 is 2.21 bits per heavy atom. The molecule has 1 aromatic rings. The van der Waals surface area contributed by atoms with Crippen LogP contribution in [0.3, 0.4) is 0 Å². The van der Waals surface area contributed by atoms with Crippen LogP contribution in [0.2, 0.25) is 0 Å². The predicted molar refractivity (Wildman–Crippen MR) is 52.9 cm³/mol. The molecule has 3 heteroatoms. The highest BCUT2D eigenvalue weighted by molar-refractivity contribution is 5.41. The molecule has 0 aliphatic carbocycles. The van der Waals surface area contributed by atoms with Gasteiger partial charge in [0.1, 0.15) is 5.82 Å². The van der Waals surface area contributed by atoms with Crippen molar-refractivity contribution in [3.63, 3.8) is 0 Å². The van der Waals surface area contributed by atoms with Crippen LogP contribution in [-0.2, 0) is 6.61 Å². The molecule has 0 spiro atoms. The lowest BCUT2D eigenvalue weighted by Gasteiger charge is -1.99. The van der Waals surface area contributed by atoms with E-state index in [1.165, 1.54) is 18.2 Å². The first kappa shape index (κ1) is 10.7. The summed E-state index contributed by atoms with van der Waals surface area (Å²) >= 11 is 0. The standard InChI is InChI=1S/C11H12FNO/c12-11-5-4-10(8-14)9(7-11)3-1-2-6-13/h4-5,7,14H,2,6,8,13H2. The molecule has 0 bridgehead atoms. The number of aliphatic hydroxyl groups excluding tert-OH is 1. The van der Waals surface area contributed by atoms with Gasteiger partial charge in [-0.05, 0) is 17.7 Å². The summed E-state index contributed by atoms with van der Waals surface area (Å²) in [6.45, 7) is 0.351. The quantitative estimate of drug-likeness (QED) is 0.689. The molecule has 0 saturated heterocycles. The van der Waals surface area contributed by atoms with E-state index in [1.54, 1.807) is 0 Å². The van der Waals surface area contributed by atoms with Crippen LogP contribution in [0.15, 0.2) is 18.2 Å². The van der Waals surface area contributed by atoms with Gasteiger partial charge in [0.2, 0.25) is 0 Å². The van der Waals surface area contributed by atoms with Crippen LogP contribution in [0, 0.1) is 17.7 Å². The summed E-state index contributed by atoms with van der Waals surface area (Å²) in [5, 5.41) is 8.95. The van der Waals surface area contributed by atoms with E-state index in [9.17, 15) is 4.39 Å². The van der Waals surface area contributed by atoms with Gasteiger partial charge in [0.05, 0.1) is 6.61 Å². The van der Waals surface area contributed by atoms with Gasteiger partial charge >= 0.3 is 0 Å². The van der Waals surface area contributed by atoms with Crippen molar-refractivity contribution in [3.8, 4) is 11.8 Å². The molecule has 1 aromatic carbocycles. The van der Waals surface area contributed by atoms with Crippen LogP contribution < -0.4 is 5.73 Å². The van der Waals surface area contributed by atoms with Gasteiger partial charge in [-0.3, -0.25) is 0 Å². The second-order valence-electron chi connectivity index (χ2n) is 2.80. The molecule has 3 N–H and O–H groups in total. The predicted octanol–water partition coefficient (Wildman–Crippen LogP) is 1.02. The van der Waals surface area contributed by atoms with Gasteiger partial charge in [-0.2, -0.15) is 0 Å². The van der Waals surface area contributed by atoms with Gasteiger partial charge in [-0.25, -0.2) is 4.39 Å². The lowest BCUT2D eigenvalue weighted by molar-refractivity contribution is 0.281. The summed E-state index contributed by atoms with van der Waals surface area (Å²) < 4.78 is 12.8. The highest BCUT2D eigenvalue weighted by Crippen LogP contribution is 2.09. The maximum atomic E-state index is 12.8. The number of aliphatic hydroxyl groups is 1. The van der Waals surface area contributed by atoms with E-state index in [4.69, 9.17) is 10.8 Å². The molecule has 0 heterocycles. The average molecular weight is 193 g/mol. The highest BCUT2D eigenvalue weighted by Gasteiger charge is 1.99. The van der Waals surface area contributed by atoms with Crippen molar-refractivity contribution in [2.24, 2.45) is 5.73 Å². The number of rotatable bonds is 2. The van der Waals surface area contributed by atoms with Crippen LogP contribution in [0.1, 0.15) is 17.5 Å². The van der Waals surface area contributed by atoms with Crippen molar-refractivity contribution >= 4 is 0 Å². The van der Waals surface area contributed by atoms with E-state index in [0.717, 1.165) is 0 Å². The highest BCUT2D eigenvalue weighted by atomic mass is 19.1. The Balaban J connectivity index is 2.94. The molecule has 74 valence electrons. The monoisotopic (exact) mass is 193 g/mol. The zero-order chi connectivity index (χ0) is 10.4. The summed E-state index contributed by atoms with van der Waals surface area (Å²) in [4.78, 5) is 0. The third-order valence-corrected chi connectivity index (χ3v) is 1.73. The second kappa shape index (κ2) is 5.38. The molecule has 0 saturated carbocycles. The van der Waals surface area contributed by atoms with Crippen molar-refractivity contribution in [1.82, 2.24) is 0 Å². The third-order valence-electron chi connectivity index (χ3n) is 1.73. The third kappa shape index (κ3) is 2.84. The molecule has 0 atom stereocenters. The maximum absolute atomic E-state index is 12.8. The normalized spacial score (nSPS) is 9.36. The lowest BCUT2D eigenvalue weighted by Crippen LogP contribution is -1.96. The fourth-order valence-corrected chi connectivity index (χ4v) is 1.03. The van der Waals surface area contributed by atoms with Gasteiger partial charge in [0.15, 0.2) is 0 Å². The first-order valence-electron chi connectivity index (χ1n) is 4.36. The van der Waals surface area contributed by atoms with E-state index in [1.807, 2.05) is 0 Å². The van der Waals surface area contributed by atoms with Crippen LogP contribution in [0.25, 0.3) is 0 Å². The molecule has 0 aromatic heterocycles. The summed E-state index contributed by atoms with van der Waals surface area (Å²) in [5.74, 6) is 5.23. The Labute approximate surface area is 82.6 Å². The molecular weight excluding hydrogens is 181 g/mol. The summed E-state index contributed by atoms with van der Waals surface area (Å²) in [5.41, 5.74) is 6.43. The zero-order valence-corrected chi connectivity index (χ0v) is 7.76. The summed E-state index contributed by atoms with van der Waals surface area (Å²) in [7, 11) is 0. The van der Waals surface area contributed by atoms with Crippen molar-refractivity contribution in [2.75, 3.05) is 6.54 Å². The van der Waals surface area contributed by atoms with E-state index >= 15 is 0 Å². The number of hydrogen-bond acceptors (Lipinski definition) is 2. The van der Waals surface area contributed by atoms with Gasteiger partial charge < -0.3 is 10.8 Å². The number of benzene rings is 1. The van der Waals surface area contributed by atoms with Crippen molar-refractivity contribution in [2.45, 2.75) is 13.0 Å². The van der Waals surface area contributed by atoms with Crippen molar-refractivity contribution in [1.29, 1.82) is 0 Å². The largest absolute Gasteiger partial charge is 0.392 e. The van der Waals surface area contributed by atoms with Crippen LogP contribution in [0.5, 0.6) is 0 Å². The Bertz CT molecular complexity index is 365. The van der Waals surface area contributed by atoms with E-state index in [0.29, 0.717) is 24.1 Å². The molecule has 0 fully saturated rings. The number of hydrogen-bond donors (Lipinski definition) is 2.